The van der Waals surface area contributed by atoms with Crippen molar-refractivity contribution >= 4 is 11.6 Å². The van der Waals surface area contributed by atoms with E-state index in [2.05, 4.69) is 29.3 Å². The maximum atomic E-state index is 12.6. The van der Waals surface area contributed by atoms with Gasteiger partial charge in [0.2, 0.25) is 5.91 Å². The number of fused-ring (bicyclic) bond motifs is 1. The van der Waals surface area contributed by atoms with Crippen LogP contribution in [0.25, 0.3) is 0 Å². The fourth-order valence-electron chi connectivity index (χ4n) is 3.08. The Morgan fingerprint density at radius 3 is 2.94 bits per heavy atom. The van der Waals surface area contributed by atoms with Gasteiger partial charge in [0.25, 0.3) is 0 Å². The van der Waals surface area contributed by atoms with Gasteiger partial charge in [0.15, 0.2) is 0 Å². The summed E-state index contributed by atoms with van der Waals surface area (Å²) >= 11 is 0. The molecule has 0 radical (unpaired) electrons. The summed E-state index contributed by atoms with van der Waals surface area (Å²) in [5.74, 6) is 1.05. The number of amides is 1. The average Bonchev–Trinajstić information content (AvgIpc) is 2.84. The Bertz CT molecular complexity index is 458. The van der Waals surface area contributed by atoms with E-state index in [4.69, 9.17) is 0 Å². The lowest BCUT2D eigenvalue weighted by atomic mass is 9.90. The molecule has 1 amide bonds. The van der Waals surface area contributed by atoms with Crippen LogP contribution in [0.1, 0.15) is 31.2 Å². The second kappa shape index (κ2) is 4.63. The number of hydrogen-bond donors (Lipinski definition) is 1. The molecule has 2 aliphatic heterocycles. The topological polar surface area (TPSA) is 32.3 Å². The van der Waals surface area contributed by atoms with Crippen LogP contribution in [0.3, 0.4) is 0 Å². The molecule has 2 aliphatic rings. The van der Waals surface area contributed by atoms with Crippen molar-refractivity contribution < 1.29 is 4.79 Å². The Kier molecular flexibility index (Phi) is 2.98. The van der Waals surface area contributed by atoms with E-state index in [9.17, 15) is 4.79 Å². The molecule has 0 saturated carbocycles. The van der Waals surface area contributed by atoms with E-state index in [0.717, 1.165) is 38.2 Å². The predicted octanol–water partition coefficient (Wildman–Crippen LogP) is 2.45. The summed E-state index contributed by atoms with van der Waals surface area (Å²) in [5, 5.41) is 3.38. The monoisotopic (exact) mass is 244 g/mol. The van der Waals surface area contributed by atoms with Crippen LogP contribution in [0.5, 0.6) is 0 Å². The molecule has 1 aromatic carbocycles. The maximum absolute atomic E-state index is 12.6. The largest absolute Gasteiger partial charge is 0.385 e. The number of hydrogen-bond acceptors (Lipinski definition) is 2. The standard InChI is InChI=1S/C15H20N2O/c1-11-7-9-17(10-11)15(18)13-6-8-16-14-5-3-2-4-12(13)14/h2-5,11,13,16H,6-10H2,1H3. The van der Waals surface area contributed by atoms with Crippen molar-refractivity contribution in [3.05, 3.63) is 29.8 Å². The molecule has 3 heteroatoms. The maximum Gasteiger partial charge on any atom is 0.230 e. The first kappa shape index (κ1) is 11.6. The molecule has 96 valence electrons. The van der Waals surface area contributed by atoms with Gasteiger partial charge in [-0.3, -0.25) is 4.79 Å². The van der Waals surface area contributed by atoms with Gasteiger partial charge in [-0.05, 0) is 30.4 Å². The highest BCUT2D eigenvalue weighted by atomic mass is 16.2. The van der Waals surface area contributed by atoms with E-state index in [1.54, 1.807) is 0 Å². The molecule has 2 atom stereocenters. The highest BCUT2D eigenvalue weighted by Crippen LogP contribution is 2.33. The SMILES string of the molecule is CC1CCN(C(=O)C2CCNc3ccccc32)C1. The Hall–Kier alpha value is -1.51. The minimum absolute atomic E-state index is 0.0627. The average molecular weight is 244 g/mol. The third kappa shape index (κ3) is 1.98. The van der Waals surface area contributed by atoms with Crippen LogP contribution in [0.2, 0.25) is 0 Å². The number of likely N-dealkylation sites (tertiary alicyclic amines) is 1. The fraction of sp³-hybridized carbons (Fsp3) is 0.533. The Balaban J connectivity index is 1.83. The molecule has 1 fully saturated rings. The number of para-hydroxylation sites is 1. The van der Waals surface area contributed by atoms with Crippen LogP contribution in [0.15, 0.2) is 24.3 Å². The number of benzene rings is 1. The minimum Gasteiger partial charge on any atom is -0.385 e. The van der Waals surface area contributed by atoms with Crippen LogP contribution < -0.4 is 5.32 Å². The summed E-state index contributed by atoms with van der Waals surface area (Å²) in [7, 11) is 0. The number of carbonyl (C=O) groups is 1. The number of nitrogens with one attached hydrogen (secondary N) is 1. The molecule has 0 aliphatic carbocycles. The summed E-state index contributed by atoms with van der Waals surface area (Å²) in [6, 6.07) is 8.21. The summed E-state index contributed by atoms with van der Waals surface area (Å²) < 4.78 is 0. The number of rotatable bonds is 1. The Morgan fingerprint density at radius 2 is 2.17 bits per heavy atom. The summed E-state index contributed by atoms with van der Waals surface area (Å²) in [6.45, 7) is 5.00. The second-order valence-electron chi connectivity index (χ2n) is 5.53. The van der Waals surface area contributed by atoms with Crippen LogP contribution in [0, 0.1) is 5.92 Å². The molecule has 1 saturated heterocycles. The highest BCUT2D eigenvalue weighted by molar-refractivity contribution is 5.86. The van der Waals surface area contributed by atoms with Gasteiger partial charge in [-0.1, -0.05) is 25.1 Å². The molecular formula is C15H20N2O. The molecule has 3 rings (SSSR count). The highest BCUT2D eigenvalue weighted by Gasteiger charge is 2.32. The molecule has 2 unspecified atom stereocenters. The Labute approximate surface area is 108 Å². The van der Waals surface area contributed by atoms with Gasteiger partial charge in [0.05, 0.1) is 5.92 Å². The van der Waals surface area contributed by atoms with Crippen molar-refractivity contribution in [3.8, 4) is 0 Å². The van der Waals surface area contributed by atoms with Crippen molar-refractivity contribution in [1.29, 1.82) is 0 Å². The van der Waals surface area contributed by atoms with E-state index >= 15 is 0 Å². The zero-order valence-electron chi connectivity index (χ0n) is 10.9. The second-order valence-corrected chi connectivity index (χ2v) is 5.53. The third-order valence-electron chi connectivity index (χ3n) is 4.12. The van der Waals surface area contributed by atoms with Gasteiger partial charge in [-0.25, -0.2) is 0 Å². The van der Waals surface area contributed by atoms with Gasteiger partial charge in [-0.15, -0.1) is 0 Å². The van der Waals surface area contributed by atoms with Crippen LogP contribution in [0.4, 0.5) is 5.69 Å². The van der Waals surface area contributed by atoms with Gasteiger partial charge in [-0.2, -0.15) is 0 Å². The van der Waals surface area contributed by atoms with Crippen molar-refractivity contribution in [1.82, 2.24) is 4.90 Å². The first-order chi connectivity index (χ1) is 8.75. The van der Waals surface area contributed by atoms with Gasteiger partial charge in [0, 0.05) is 25.3 Å². The van der Waals surface area contributed by atoms with Crippen LogP contribution in [-0.2, 0) is 4.79 Å². The molecular weight excluding hydrogens is 224 g/mol. The number of nitrogens with zero attached hydrogens (tertiary/aromatic N) is 1. The molecule has 18 heavy (non-hydrogen) atoms. The normalized spacial score (nSPS) is 26.6. The van der Waals surface area contributed by atoms with E-state index in [0.29, 0.717) is 11.8 Å². The van der Waals surface area contributed by atoms with Crippen molar-refractivity contribution in [2.45, 2.75) is 25.7 Å². The molecule has 3 nitrogen and oxygen atoms in total. The third-order valence-corrected chi connectivity index (χ3v) is 4.12. The molecule has 0 spiro atoms. The van der Waals surface area contributed by atoms with Crippen LogP contribution in [-0.4, -0.2) is 30.4 Å². The van der Waals surface area contributed by atoms with Gasteiger partial charge in [0.1, 0.15) is 0 Å². The van der Waals surface area contributed by atoms with Crippen molar-refractivity contribution in [3.63, 3.8) is 0 Å². The van der Waals surface area contributed by atoms with Crippen LogP contribution >= 0.6 is 0 Å². The number of carbonyl (C=O) groups excluding carboxylic acids is 1. The first-order valence-electron chi connectivity index (χ1n) is 6.87. The molecule has 1 aromatic rings. The van der Waals surface area contributed by atoms with Gasteiger partial charge >= 0.3 is 0 Å². The number of anilines is 1. The molecule has 0 bridgehead atoms. The summed E-state index contributed by atoms with van der Waals surface area (Å²) in [4.78, 5) is 14.7. The van der Waals surface area contributed by atoms with Gasteiger partial charge < -0.3 is 10.2 Å². The van der Waals surface area contributed by atoms with Crippen molar-refractivity contribution in [2.75, 3.05) is 25.0 Å². The quantitative estimate of drug-likeness (QED) is 0.823. The molecule has 2 heterocycles. The smallest absolute Gasteiger partial charge is 0.230 e. The van der Waals surface area contributed by atoms with E-state index in [1.807, 2.05) is 12.1 Å². The Morgan fingerprint density at radius 1 is 1.33 bits per heavy atom. The minimum atomic E-state index is 0.0627. The fourth-order valence-corrected chi connectivity index (χ4v) is 3.08. The predicted molar refractivity (Wildman–Crippen MR) is 72.7 cm³/mol. The first-order valence-corrected chi connectivity index (χ1v) is 6.87. The molecule has 1 N–H and O–H groups in total. The summed E-state index contributed by atoms with van der Waals surface area (Å²) in [5.41, 5.74) is 2.31. The molecule has 0 aromatic heterocycles. The van der Waals surface area contributed by atoms with E-state index < -0.39 is 0 Å². The zero-order valence-corrected chi connectivity index (χ0v) is 10.9. The zero-order chi connectivity index (χ0) is 12.5. The van der Waals surface area contributed by atoms with E-state index in [-0.39, 0.29) is 5.92 Å². The lowest BCUT2D eigenvalue weighted by Crippen LogP contribution is -2.35. The summed E-state index contributed by atoms with van der Waals surface area (Å²) in [6.07, 6.45) is 2.07. The van der Waals surface area contributed by atoms with Crippen molar-refractivity contribution in [2.24, 2.45) is 5.92 Å². The lowest BCUT2D eigenvalue weighted by Gasteiger charge is -2.29. The van der Waals surface area contributed by atoms with E-state index in [1.165, 1.54) is 5.56 Å². The lowest BCUT2D eigenvalue weighted by molar-refractivity contribution is -0.132.